The van der Waals surface area contributed by atoms with Crippen molar-refractivity contribution >= 4 is 17.9 Å². The minimum Gasteiger partial charge on any atom is -0.462 e. The van der Waals surface area contributed by atoms with Crippen LogP contribution in [0.15, 0.2) is 60.8 Å². The lowest BCUT2D eigenvalue weighted by Gasteiger charge is -2.18. The van der Waals surface area contributed by atoms with Gasteiger partial charge in [-0.25, -0.2) is 0 Å². The predicted molar refractivity (Wildman–Crippen MR) is 288 cm³/mol. The Morgan fingerprint density at radius 1 is 0.313 bits per heavy atom. The third-order valence-electron chi connectivity index (χ3n) is 12.5. The number of hydrogen-bond acceptors (Lipinski definition) is 6. The topological polar surface area (TPSA) is 78.9 Å². The molecule has 0 saturated heterocycles. The first kappa shape index (κ1) is 64.1. The summed E-state index contributed by atoms with van der Waals surface area (Å²) in [5, 5.41) is 0. The Morgan fingerprint density at radius 2 is 0.582 bits per heavy atom. The van der Waals surface area contributed by atoms with Gasteiger partial charge in [0.15, 0.2) is 6.10 Å². The molecule has 6 nitrogen and oxygen atoms in total. The smallest absolute Gasteiger partial charge is 0.306 e. The monoisotopic (exact) mass is 937 g/mol. The fourth-order valence-corrected chi connectivity index (χ4v) is 8.19. The van der Waals surface area contributed by atoms with E-state index in [0.717, 1.165) is 77.0 Å². The van der Waals surface area contributed by atoms with Crippen molar-refractivity contribution in [1.29, 1.82) is 0 Å². The van der Waals surface area contributed by atoms with Gasteiger partial charge in [0.2, 0.25) is 0 Å². The zero-order valence-corrected chi connectivity index (χ0v) is 44.4. The molecule has 6 heteroatoms. The van der Waals surface area contributed by atoms with Crippen LogP contribution >= 0.6 is 0 Å². The van der Waals surface area contributed by atoms with Crippen LogP contribution in [0.25, 0.3) is 0 Å². The first-order valence-corrected chi connectivity index (χ1v) is 28.8. The molecule has 0 spiro atoms. The molecule has 67 heavy (non-hydrogen) atoms. The molecule has 1 atom stereocenters. The molecule has 388 valence electrons. The van der Waals surface area contributed by atoms with Gasteiger partial charge in [0, 0.05) is 19.3 Å². The number of allylic oxidation sites excluding steroid dienone is 10. The molecule has 0 aliphatic heterocycles. The highest BCUT2D eigenvalue weighted by Crippen LogP contribution is 2.16. The number of esters is 3. The van der Waals surface area contributed by atoms with Crippen molar-refractivity contribution in [2.45, 2.75) is 297 Å². The van der Waals surface area contributed by atoms with Gasteiger partial charge in [-0.1, -0.05) is 248 Å². The molecule has 0 aromatic carbocycles. The van der Waals surface area contributed by atoms with E-state index in [1.165, 1.54) is 167 Å². The molecule has 0 N–H and O–H groups in total. The molecule has 0 fully saturated rings. The van der Waals surface area contributed by atoms with Crippen molar-refractivity contribution in [3.05, 3.63) is 60.8 Å². The van der Waals surface area contributed by atoms with Crippen LogP contribution in [0.1, 0.15) is 290 Å². The summed E-state index contributed by atoms with van der Waals surface area (Å²) in [4.78, 5) is 38.1. The lowest BCUT2D eigenvalue weighted by Crippen LogP contribution is -2.30. The molecular weight excluding hydrogens is 829 g/mol. The number of carbonyl (C=O) groups is 3. The van der Waals surface area contributed by atoms with Crippen LogP contribution in [0.4, 0.5) is 0 Å². The van der Waals surface area contributed by atoms with Crippen LogP contribution in [0.2, 0.25) is 0 Å². The second-order valence-electron chi connectivity index (χ2n) is 19.2. The minimum absolute atomic E-state index is 0.0888. The number of hydrogen-bond donors (Lipinski definition) is 0. The summed E-state index contributed by atoms with van der Waals surface area (Å²) in [5.74, 6) is -0.921. The van der Waals surface area contributed by atoms with Crippen LogP contribution in [0.3, 0.4) is 0 Å². The van der Waals surface area contributed by atoms with E-state index in [4.69, 9.17) is 14.2 Å². The summed E-state index contributed by atoms with van der Waals surface area (Å²) >= 11 is 0. The second-order valence-corrected chi connectivity index (χ2v) is 19.2. The lowest BCUT2D eigenvalue weighted by atomic mass is 10.0. The van der Waals surface area contributed by atoms with E-state index in [1.54, 1.807) is 0 Å². The Balaban J connectivity index is 4.39. The molecule has 0 amide bonds. The van der Waals surface area contributed by atoms with Crippen LogP contribution in [0.5, 0.6) is 0 Å². The Kier molecular flexibility index (Phi) is 53.3. The van der Waals surface area contributed by atoms with Crippen LogP contribution in [-0.4, -0.2) is 37.2 Å². The zero-order valence-electron chi connectivity index (χ0n) is 44.4. The summed E-state index contributed by atoms with van der Waals surface area (Å²) in [6, 6.07) is 0. The van der Waals surface area contributed by atoms with E-state index >= 15 is 0 Å². The van der Waals surface area contributed by atoms with Crippen molar-refractivity contribution in [1.82, 2.24) is 0 Å². The van der Waals surface area contributed by atoms with Gasteiger partial charge in [0.25, 0.3) is 0 Å². The van der Waals surface area contributed by atoms with Crippen molar-refractivity contribution in [2.75, 3.05) is 13.2 Å². The van der Waals surface area contributed by atoms with Gasteiger partial charge in [-0.15, -0.1) is 0 Å². The zero-order chi connectivity index (χ0) is 48.6. The average molecular weight is 938 g/mol. The molecular formula is C61H108O6. The first-order chi connectivity index (χ1) is 33.0. The number of rotatable bonds is 52. The first-order valence-electron chi connectivity index (χ1n) is 28.8. The number of ether oxygens (including phenoxy) is 3. The van der Waals surface area contributed by atoms with Crippen molar-refractivity contribution in [3.63, 3.8) is 0 Å². The van der Waals surface area contributed by atoms with E-state index in [-0.39, 0.29) is 37.5 Å². The maximum atomic E-state index is 12.8. The molecule has 0 aliphatic rings. The number of unbranched alkanes of at least 4 members (excludes halogenated alkanes) is 31. The Morgan fingerprint density at radius 3 is 0.955 bits per heavy atom. The summed E-state index contributed by atoms with van der Waals surface area (Å²) in [6.45, 7) is 6.52. The third kappa shape index (κ3) is 53.9. The predicted octanol–water partition coefficient (Wildman–Crippen LogP) is 19.2. The Hall–Kier alpha value is -2.89. The molecule has 0 bridgehead atoms. The van der Waals surface area contributed by atoms with Gasteiger partial charge in [-0.2, -0.15) is 0 Å². The number of carbonyl (C=O) groups excluding carboxylic acids is 3. The van der Waals surface area contributed by atoms with Crippen molar-refractivity contribution in [3.8, 4) is 0 Å². The van der Waals surface area contributed by atoms with Gasteiger partial charge in [-0.05, 0) is 83.5 Å². The largest absolute Gasteiger partial charge is 0.462 e. The summed E-state index contributed by atoms with van der Waals surface area (Å²) < 4.78 is 16.8. The molecule has 0 heterocycles. The molecule has 0 aromatic rings. The SMILES string of the molecule is CC/C=C\C/C=C\C/C=C\C/C=C\CCCCC(=O)OC(COC(=O)CCCCCCCCCCC/C=C\CCCCCCCC)COC(=O)CCCCCCCCCCCCCCCCC. The van der Waals surface area contributed by atoms with E-state index in [2.05, 4.69) is 81.5 Å². The Labute approximate surface area is 415 Å². The second kappa shape index (κ2) is 55.7. The van der Waals surface area contributed by atoms with Gasteiger partial charge >= 0.3 is 17.9 Å². The highest BCUT2D eigenvalue weighted by atomic mass is 16.6. The van der Waals surface area contributed by atoms with Crippen LogP contribution < -0.4 is 0 Å². The maximum Gasteiger partial charge on any atom is 0.306 e. The molecule has 0 aromatic heterocycles. The fraction of sp³-hybridized carbons (Fsp3) is 0.787. The minimum atomic E-state index is -0.795. The maximum absolute atomic E-state index is 12.8. The fourth-order valence-electron chi connectivity index (χ4n) is 8.19. The highest BCUT2D eigenvalue weighted by molar-refractivity contribution is 5.71. The highest BCUT2D eigenvalue weighted by Gasteiger charge is 2.19. The van der Waals surface area contributed by atoms with E-state index in [9.17, 15) is 14.4 Å². The van der Waals surface area contributed by atoms with Crippen molar-refractivity contribution in [2.24, 2.45) is 0 Å². The summed E-state index contributed by atoms with van der Waals surface area (Å²) in [7, 11) is 0. The quantitative estimate of drug-likeness (QED) is 0.0262. The standard InChI is InChI=1S/C61H108O6/c1-4-7-10-13-16-19-22-25-28-29-30-31-34-36-39-42-45-48-51-54-60(63)66-57-58(67-61(64)55-52-49-46-43-40-37-33-27-24-21-18-15-12-9-6-3)56-65-59(62)53-50-47-44-41-38-35-32-26-23-20-17-14-11-8-5-2/h9,12,18,21,25,27-28,33,40,43,58H,4-8,10-11,13-17,19-20,22-24,26,29-32,34-39,41-42,44-57H2,1-3H3/b12-9-,21-18-,28-25-,33-27-,43-40-. The summed E-state index contributed by atoms with van der Waals surface area (Å²) in [6.07, 6.45) is 69.3. The Bertz CT molecular complexity index is 1210. The molecule has 0 rings (SSSR count). The van der Waals surface area contributed by atoms with Gasteiger partial charge in [0.05, 0.1) is 0 Å². The molecule has 0 saturated carbocycles. The van der Waals surface area contributed by atoms with Crippen LogP contribution in [-0.2, 0) is 28.6 Å². The third-order valence-corrected chi connectivity index (χ3v) is 12.5. The van der Waals surface area contributed by atoms with E-state index < -0.39 is 6.10 Å². The lowest BCUT2D eigenvalue weighted by molar-refractivity contribution is -0.167. The molecule has 0 radical (unpaired) electrons. The van der Waals surface area contributed by atoms with Gasteiger partial charge < -0.3 is 14.2 Å². The van der Waals surface area contributed by atoms with E-state index in [0.29, 0.717) is 19.3 Å². The van der Waals surface area contributed by atoms with Gasteiger partial charge in [0.1, 0.15) is 13.2 Å². The summed E-state index contributed by atoms with van der Waals surface area (Å²) in [5.41, 5.74) is 0. The molecule has 0 aliphatic carbocycles. The van der Waals surface area contributed by atoms with Crippen LogP contribution in [0, 0.1) is 0 Å². The van der Waals surface area contributed by atoms with E-state index in [1.807, 2.05) is 0 Å². The normalized spacial score (nSPS) is 12.5. The average Bonchev–Trinajstić information content (AvgIpc) is 3.33. The van der Waals surface area contributed by atoms with Gasteiger partial charge in [-0.3, -0.25) is 14.4 Å². The molecule has 1 unspecified atom stereocenters. The van der Waals surface area contributed by atoms with Crippen molar-refractivity contribution < 1.29 is 28.6 Å².